The van der Waals surface area contributed by atoms with Crippen LogP contribution in [0.25, 0.3) is 0 Å². The number of hydrogen-bond acceptors (Lipinski definition) is 2. The number of hydrogen-bond donors (Lipinski definition) is 0. The first-order chi connectivity index (χ1) is 12.0. The Bertz CT molecular complexity index is 673. The number of carbonyl (C=O) groups excluding carboxylic acids is 2. The SMILES string of the molecule is CC[N]([Ti+2][N](CC)C(=O)c1ccc(C)cc1)C(=O)c1ccc(C)cc1.[Br-].[Br-]. The van der Waals surface area contributed by atoms with Crippen LogP contribution < -0.4 is 34.0 Å². The standard InChI is InChI=1S/2C10H13NO.2BrH.Ti/c2*1-3-11-10(12)9-6-4-8(2)5-7-9;;;/h2*4-7H,3H2,1-2H3,(H,11,12);2*1H;/q;;;;+4/p-4. The van der Waals surface area contributed by atoms with Crippen molar-refractivity contribution in [3.8, 4) is 0 Å². The fourth-order valence-corrected chi connectivity index (χ4v) is 3.95. The van der Waals surface area contributed by atoms with Gasteiger partial charge in [0.2, 0.25) is 0 Å². The van der Waals surface area contributed by atoms with E-state index >= 15 is 0 Å². The van der Waals surface area contributed by atoms with Gasteiger partial charge in [-0.15, -0.1) is 0 Å². The molecule has 0 heterocycles. The summed E-state index contributed by atoms with van der Waals surface area (Å²) in [7, 11) is 0. The molecule has 0 N–H and O–H groups in total. The molecule has 0 unspecified atom stereocenters. The minimum Gasteiger partial charge on any atom is -1.00 e. The maximum Gasteiger partial charge on any atom is -1.00 e. The van der Waals surface area contributed by atoms with Crippen molar-refractivity contribution in [2.24, 2.45) is 0 Å². The molecule has 4 nitrogen and oxygen atoms in total. The van der Waals surface area contributed by atoms with Crippen LogP contribution in [0.15, 0.2) is 48.5 Å². The van der Waals surface area contributed by atoms with E-state index < -0.39 is 19.7 Å². The molecular formula is C20H24Br2N2O2Ti. The molecule has 2 aromatic carbocycles. The second-order valence-corrected chi connectivity index (χ2v) is 7.93. The molecule has 0 fully saturated rings. The van der Waals surface area contributed by atoms with Crippen molar-refractivity contribution < 1.29 is 63.2 Å². The minimum absolute atomic E-state index is 0. The molecule has 0 aliphatic heterocycles. The average molecular weight is 532 g/mol. The molecule has 0 aliphatic carbocycles. The summed E-state index contributed by atoms with van der Waals surface area (Å²) in [5.74, 6) is -0.00434. The smallest absolute Gasteiger partial charge is 1.00 e. The van der Waals surface area contributed by atoms with Gasteiger partial charge in [-0.05, 0) is 0 Å². The average Bonchev–Trinajstić information content (AvgIpc) is 2.63. The number of aryl methyl sites for hydroxylation is 2. The maximum atomic E-state index is 12.8. The summed E-state index contributed by atoms with van der Waals surface area (Å²) in [6, 6.07) is 15.2. The fraction of sp³-hybridized carbons (Fsp3) is 0.300. The van der Waals surface area contributed by atoms with Gasteiger partial charge in [0.25, 0.3) is 0 Å². The van der Waals surface area contributed by atoms with Gasteiger partial charge in [-0.25, -0.2) is 0 Å². The molecule has 0 aliphatic rings. The largest absolute Gasteiger partial charge is 1.00 e. The van der Waals surface area contributed by atoms with Gasteiger partial charge in [-0.2, -0.15) is 0 Å². The van der Waals surface area contributed by atoms with E-state index in [0.717, 1.165) is 11.1 Å². The number of halogens is 2. The Labute approximate surface area is 192 Å². The Morgan fingerprint density at radius 1 is 0.704 bits per heavy atom. The van der Waals surface area contributed by atoms with Gasteiger partial charge >= 0.3 is 159 Å². The maximum absolute atomic E-state index is 12.8. The van der Waals surface area contributed by atoms with Gasteiger partial charge in [0.1, 0.15) is 0 Å². The Kier molecular flexibility index (Phi) is 12.1. The number of benzene rings is 2. The molecule has 0 atom stereocenters. The van der Waals surface area contributed by atoms with Gasteiger partial charge in [0.05, 0.1) is 0 Å². The van der Waals surface area contributed by atoms with Crippen molar-refractivity contribution in [1.82, 2.24) is 6.76 Å². The fourth-order valence-electron chi connectivity index (χ4n) is 2.37. The molecule has 0 saturated carbocycles. The molecule has 2 amide bonds. The van der Waals surface area contributed by atoms with Crippen LogP contribution in [0, 0.1) is 13.8 Å². The zero-order chi connectivity index (χ0) is 18.4. The number of carbonyl (C=O) groups is 2. The molecular weight excluding hydrogens is 508 g/mol. The predicted octanol–water partition coefficient (Wildman–Crippen LogP) is -2.15. The Hall–Kier alpha value is -0.946. The summed E-state index contributed by atoms with van der Waals surface area (Å²) < 4.78 is 3.64. The van der Waals surface area contributed by atoms with Gasteiger partial charge in [-0.1, -0.05) is 0 Å². The van der Waals surface area contributed by atoms with Crippen molar-refractivity contribution in [3.63, 3.8) is 0 Å². The van der Waals surface area contributed by atoms with E-state index in [9.17, 15) is 9.59 Å². The predicted molar refractivity (Wildman–Crippen MR) is 95.8 cm³/mol. The second kappa shape index (κ2) is 12.5. The first kappa shape index (κ1) is 26.1. The van der Waals surface area contributed by atoms with Crippen LogP contribution in [0.5, 0.6) is 0 Å². The summed E-state index contributed by atoms with van der Waals surface area (Å²) >= 11 is -1.05. The van der Waals surface area contributed by atoms with Crippen molar-refractivity contribution in [2.75, 3.05) is 13.1 Å². The third-order valence-corrected chi connectivity index (χ3v) is 6.34. The molecule has 0 saturated heterocycles. The van der Waals surface area contributed by atoms with Crippen molar-refractivity contribution >= 4 is 11.8 Å². The molecule has 27 heavy (non-hydrogen) atoms. The van der Waals surface area contributed by atoms with Gasteiger partial charge < -0.3 is 34.0 Å². The van der Waals surface area contributed by atoms with Crippen molar-refractivity contribution in [2.45, 2.75) is 27.7 Å². The van der Waals surface area contributed by atoms with Crippen LogP contribution >= 0.6 is 0 Å². The molecule has 2 aromatic rings. The van der Waals surface area contributed by atoms with E-state index in [4.69, 9.17) is 0 Å². The Morgan fingerprint density at radius 2 is 1.00 bits per heavy atom. The van der Waals surface area contributed by atoms with Crippen LogP contribution in [-0.4, -0.2) is 31.7 Å². The van der Waals surface area contributed by atoms with Crippen LogP contribution in [0.3, 0.4) is 0 Å². The number of nitrogens with zero attached hydrogens (tertiary/aromatic N) is 2. The molecule has 2 rings (SSSR count). The van der Waals surface area contributed by atoms with Gasteiger partial charge in [0, 0.05) is 0 Å². The monoisotopic (exact) mass is 530 g/mol. The Morgan fingerprint density at radius 3 is 1.26 bits per heavy atom. The van der Waals surface area contributed by atoms with Crippen molar-refractivity contribution in [3.05, 3.63) is 70.8 Å². The van der Waals surface area contributed by atoms with Gasteiger partial charge in [0.15, 0.2) is 0 Å². The first-order valence-electron chi connectivity index (χ1n) is 8.49. The summed E-state index contributed by atoms with van der Waals surface area (Å²) in [6.45, 7) is 9.12. The summed E-state index contributed by atoms with van der Waals surface area (Å²) in [6.07, 6.45) is 0. The first-order valence-corrected chi connectivity index (χ1v) is 9.89. The van der Waals surface area contributed by atoms with E-state index in [-0.39, 0.29) is 45.8 Å². The van der Waals surface area contributed by atoms with Gasteiger partial charge in [-0.3, -0.25) is 0 Å². The topological polar surface area (TPSA) is 40.6 Å². The van der Waals surface area contributed by atoms with E-state index in [1.807, 2.05) is 83.0 Å². The van der Waals surface area contributed by atoms with Crippen molar-refractivity contribution in [1.29, 1.82) is 0 Å². The van der Waals surface area contributed by atoms with Crippen LogP contribution in [-0.2, 0) is 19.7 Å². The quantitative estimate of drug-likeness (QED) is 0.399. The second-order valence-electron chi connectivity index (χ2n) is 5.93. The zero-order valence-corrected chi connectivity index (χ0v) is 20.7. The van der Waals surface area contributed by atoms with E-state index in [2.05, 4.69) is 0 Å². The summed E-state index contributed by atoms with van der Waals surface area (Å²) in [5, 5.41) is 0. The van der Waals surface area contributed by atoms with Crippen LogP contribution in [0.4, 0.5) is 0 Å². The Balaban J connectivity index is 0.00000338. The molecule has 7 heteroatoms. The molecule has 0 aromatic heterocycles. The number of rotatable bonds is 6. The van der Waals surface area contributed by atoms with Crippen LogP contribution in [0.2, 0.25) is 0 Å². The molecule has 0 radical (unpaired) electrons. The normalized spacial score (nSPS) is 9.33. The third kappa shape index (κ3) is 7.18. The van der Waals surface area contributed by atoms with E-state index in [1.165, 1.54) is 0 Å². The summed E-state index contributed by atoms with van der Waals surface area (Å²) in [5.41, 5.74) is 3.60. The molecule has 0 spiro atoms. The zero-order valence-electron chi connectivity index (χ0n) is 16.0. The van der Waals surface area contributed by atoms with E-state index in [1.54, 1.807) is 0 Å². The third-order valence-electron chi connectivity index (χ3n) is 3.96. The number of amides is 2. The van der Waals surface area contributed by atoms with Crippen LogP contribution in [0.1, 0.15) is 45.7 Å². The van der Waals surface area contributed by atoms with E-state index in [0.29, 0.717) is 24.2 Å². The minimum atomic E-state index is -1.05. The molecule has 144 valence electrons. The molecule has 0 bridgehead atoms. The summed E-state index contributed by atoms with van der Waals surface area (Å²) in [4.78, 5) is 25.5.